The second-order valence-electron chi connectivity index (χ2n) is 5.90. The van der Waals surface area contributed by atoms with Crippen molar-refractivity contribution in [2.75, 3.05) is 19.4 Å². The quantitative estimate of drug-likeness (QED) is 0.725. The lowest BCUT2D eigenvalue weighted by atomic mass is 10.2. The van der Waals surface area contributed by atoms with Gasteiger partial charge in [-0.15, -0.1) is 0 Å². The standard InChI is InChI=1S/C18H20N2O6S/c1-12(26-18(23)13-6-4-8-15(21)10-13)17(22)19-14-7-5-9-16(11-14)27(24,25)20(2)3/h4-12,21H,1-3H3,(H,19,22)/t12-/m0/s1. The number of esters is 1. The van der Waals surface area contributed by atoms with Gasteiger partial charge in [-0.05, 0) is 43.3 Å². The van der Waals surface area contributed by atoms with Crippen molar-refractivity contribution in [1.82, 2.24) is 4.31 Å². The molecule has 0 aliphatic carbocycles. The number of benzene rings is 2. The van der Waals surface area contributed by atoms with E-state index in [0.717, 1.165) is 4.31 Å². The van der Waals surface area contributed by atoms with Gasteiger partial charge in [0, 0.05) is 19.8 Å². The summed E-state index contributed by atoms with van der Waals surface area (Å²) in [6, 6.07) is 11.3. The van der Waals surface area contributed by atoms with Crippen LogP contribution in [-0.4, -0.2) is 49.9 Å². The number of ether oxygens (including phenoxy) is 1. The molecule has 144 valence electrons. The molecule has 0 unspecified atom stereocenters. The van der Waals surface area contributed by atoms with Crippen molar-refractivity contribution >= 4 is 27.6 Å². The average molecular weight is 392 g/mol. The molecule has 0 saturated carbocycles. The Balaban J connectivity index is 2.07. The zero-order valence-electron chi connectivity index (χ0n) is 15.0. The van der Waals surface area contributed by atoms with Gasteiger partial charge in [0.1, 0.15) is 5.75 Å². The van der Waals surface area contributed by atoms with Gasteiger partial charge in [0.15, 0.2) is 6.10 Å². The second-order valence-corrected chi connectivity index (χ2v) is 8.05. The van der Waals surface area contributed by atoms with E-state index in [1.165, 1.54) is 69.6 Å². The minimum Gasteiger partial charge on any atom is -0.508 e. The number of phenolic OH excluding ortho intramolecular Hbond substituents is 1. The first kappa shape index (κ1) is 20.4. The highest BCUT2D eigenvalue weighted by molar-refractivity contribution is 7.89. The van der Waals surface area contributed by atoms with Gasteiger partial charge in [-0.25, -0.2) is 17.5 Å². The van der Waals surface area contributed by atoms with Crippen molar-refractivity contribution in [3.05, 3.63) is 54.1 Å². The summed E-state index contributed by atoms with van der Waals surface area (Å²) in [5.41, 5.74) is 0.358. The summed E-state index contributed by atoms with van der Waals surface area (Å²) in [6.45, 7) is 1.39. The van der Waals surface area contributed by atoms with Crippen molar-refractivity contribution in [2.45, 2.75) is 17.9 Å². The molecular formula is C18H20N2O6S. The Kier molecular flexibility index (Phi) is 6.19. The number of carbonyl (C=O) groups excluding carboxylic acids is 2. The normalized spacial score (nSPS) is 12.4. The van der Waals surface area contributed by atoms with Crippen LogP contribution in [0, 0.1) is 0 Å². The summed E-state index contributed by atoms with van der Waals surface area (Å²) in [6.07, 6.45) is -1.13. The Morgan fingerprint density at radius 3 is 2.41 bits per heavy atom. The number of rotatable bonds is 6. The fourth-order valence-corrected chi connectivity index (χ4v) is 3.05. The van der Waals surface area contributed by atoms with E-state index in [1.807, 2.05) is 0 Å². The number of nitrogens with zero attached hydrogens (tertiary/aromatic N) is 1. The molecule has 2 N–H and O–H groups in total. The number of sulfonamides is 1. The van der Waals surface area contributed by atoms with Crippen LogP contribution in [0.3, 0.4) is 0 Å². The summed E-state index contributed by atoms with van der Waals surface area (Å²) < 4.78 is 30.4. The topological polar surface area (TPSA) is 113 Å². The Morgan fingerprint density at radius 1 is 1.11 bits per heavy atom. The molecule has 0 aliphatic rings. The Morgan fingerprint density at radius 2 is 1.78 bits per heavy atom. The van der Waals surface area contributed by atoms with Crippen LogP contribution in [0.5, 0.6) is 5.75 Å². The lowest BCUT2D eigenvalue weighted by Gasteiger charge is -2.15. The fourth-order valence-electron chi connectivity index (χ4n) is 2.10. The molecule has 0 aliphatic heterocycles. The van der Waals surface area contributed by atoms with Crippen LogP contribution < -0.4 is 5.32 Å². The van der Waals surface area contributed by atoms with E-state index in [0.29, 0.717) is 0 Å². The lowest BCUT2D eigenvalue weighted by Crippen LogP contribution is -2.30. The number of anilines is 1. The highest BCUT2D eigenvalue weighted by Gasteiger charge is 2.21. The summed E-state index contributed by atoms with van der Waals surface area (Å²) >= 11 is 0. The molecule has 0 heterocycles. The van der Waals surface area contributed by atoms with E-state index in [9.17, 15) is 23.1 Å². The van der Waals surface area contributed by atoms with E-state index >= 15 is 0 Å². The van der Waals surface area contributed by atoms with E-state index in [1.54, 1.807) is 0 Å². The first-order valence-electron chi connectivity index (χ1n) is 7.94. The summed E-state index contributed by atoms with van der Waals surface area (Å²) in [5.74, 6) is -1.49. The van der Waals surface area contributed by atoms with E-state index in [-0.39, 0.29) is 21.9 Å². The summed E-state index contributed by atoms with van der Waals surface area (Å²) in [5, 5.41) is 11.9. The molecular weight excluding hydrogens is 372 g/mol. The molecule has 2 aromatic carbocycles. The lowest BCUT2D eigenvalue weighted by molar-refractivity contribution is -0.123. The highest BCUT2D eigenvalue weighted by Crippen LogP contribution is 2.18. The third-order valence-corrected chi connectivity index (χ3v) is 5.43. The van der Waals surface area contributed by atoms with Gasteiger partial charge in [0.2, 0.25) is 10.0 Å². The third kappa shape index (κ3) is 5.05. The van der Waals surface area contributed by atoms with Gasteiger partial charge >= 0.3 is 5.97 Å². The fraction of sp³-hybridized carbons (Fsp3) is 0.222. The van der Waals surface area contributed by atoms with Crippen LogP contribution in [-0.2, 0) is 19.6 Å². The van der Waals surface area contributed by atoms with Crippen LogP contribution in [0.15, 0.2) is 53.4 Å². The SMILES string of the molecule is C[C@H](OC(=O)c1cccc(O)c1)C(=O)Nc1cccc(S(=O)(=O)N(C)C)c1. The van der Waals surface area contributed by atoms with Crippen LogP contribution >= 0.6 is 0 Å². The molecule has 1 atom stereocenters. The molecule has 9 heteroatoms. The van der Waals surface area contributed by atoms with Gasteiger partial charge in [-0.1, -0.05) is 12.1 Å². The van der Waals surface area contributed by atoms with Crippen molar-refractivity contribution < 1.29 is 27.9 Å². The van der Waals surface area contributed by atoms with Crippen molar-refractivity contribution in [1.29, 1.82) is 0 Å². The molecule has 0 saturated heterocycles. The van der Waals surface area contributed by atoms with Gasteiger partial charge in [0.05, 0.1) is 10.5 Å². The number of nitrogens with one attached hydrogen (secondary N) is 1. The molecule has 27 heavy (non-hydrogen) atoms. The third-order valence-electron chi connectivity index (χ3n) is 3.62. The van der Waals surface area contributed by atoms with E-state index < -0.39 is 28.0 Å². The maximum absolute atomic E-state index is 12.2. The number of hydrogen-bond donors (Lipinski definition) is 2. The molecule has 0 bridgehead atoms. The van der Waals surface area contributed by atoms with Gasteiger partial charge < -0.3 is 15.2 Å². The molecule has 0 aromatic heterocycles. The highest BCUT2D eigenvalue weighted by atomic mass is 32.2. The Hall–Kier alpha value is -2.91. The zero-order chi connectivity index (χ0) is 20.2. The van der Waals surface area contributed by atoms with Crippen molar-refractivity contribution in [3.8, 4) is 5.75 Å². The number of hydrogen-bond acceptors (Lipinski definition) is 6. The molecule has 2 rings (SSSR count). The number of amides is 1. The molecule has 0 fully saturated rings. The molecule has 2 aromatic rings. The monoisotopic (exact) mass is 392 g/mol. The van der Waals surface area contributed by atoms with Crippen molar-refractivity contribution in [2.24, 2.45) is 0 Å². The van der Waals surface area contributed by atoms with Gasteiger partial charge in [0.25, 0.3) is 5.91 Å². The molecule has 0 radical (unpaired) electrons. The predicted molar refractivity (Wildman–Crippen MR) is 98.9 cm³/mol. The van der Waals surface area contributed by atoms with E-state index in [2.05, 4.69) is 5.32 Å². The molecule has 8 nitrogen and oxygen atoms in total. The van der Waals surface area contributed by atoms with Crippen LogP contribution in [0.1, 0.15) is 17.3 Å². The minimum absolute atomic E-state index is 0.0229. The van der Waals surface area contributed by atoms with Crippen LogP contribution in [0.2, 0.25) is 0 Å². The average Bonchev–Trinajstić information content (AvgIpc) is 2.61. The van der Waals surface area contributed by atoms with Crippen LogP contribution in [0.25, 0.3) is 0 Å². The maximum Gasteiger partial charge on any atom is 0.339 e. The first-order chi connectivity index (χ1) is 12.6. The smallest absolute Gasteiger partial charge is 0.339 e. The van der Waals surface area contributed by atoms with Gasteiger partial charge in [-0.3, -0.25) is 4.79 Å². The largest absolute Gasteiger partial charge is 0.508 e. The van der Waals surface area contributed by atoms with Crippen LogP contribution in [0.4, 0.5) is 5.69 Å². The Bertz CT molecular complexity index is 956. The number of carbonyl (C=O) groups is 2. The minimum atomic E-state index is -3.64. The second kappa shape index (κ2) is 8.19. The predicted octanol–water partition coefficient (Wildman–Crippen LogP) is 1.83. The first-order valence-corrected chi connectivity index (χ1v) is 9.38. The van der Waals surface area contributed by atoms with Gasteiger partial charge in [-0.2, -0.15) is 0 Å². The molecule has 1 amide bonds. The zero-order valence-corrected chi connectivity index (χ0v) is 15.9. The number of aromatic hydroxyl groups is 1. The summed E-state index contributed by atoms with van der Waals surface area (Å²) in [7, 11) is -0.829. The summed E-state index contributed by atoms with van der Waals surface area (Å²) in [4.78, 5) is 24.3. The number of phenols is 1. The maximum atomic E-state index is 12.2. The van der Waals surface area contributed by atoms with E-state index in [4.69, 9.17) is 4.74 Å². The Labute approximate surface area is 157 Å². The molecule has 0 spiro atoms. The van der Waals surface area contributed by atoms with Crippen molar-refractivity contribution in [3.63, 3.8) is 0 Å².